The Labute approximate surface area is 159 Å². The van der Waals surface area contributed by atoms with Gasteiger partial charge in [-0.05, 0) is 44.3 Å². The minimum absolute atomic E-state index is 0.00563. The van der Waals surface area contributed by atoms with Crippen molar-refractivity contribution in [1.29, 1.82) is 0 Å². The quantitative estimate of drug-likeness (QED) is 0.883. The van der Waals surface area contributed by atoms with Crippen molar-refractivity contribution in [3.63, 3.8) is 0 Å². The molecule has 1 heterocycles. The van der Waals surface area contributed by atoms with Gasteiger partial charge in [-0.25, -0.2) is 0 Å². The molecule has 0 aromatic heterocycles. The Bertz CT molecular complexity index is 814. The fraction of sp³-hybridized carbons (Fsp3) is 0.333. The molecule has 0 unspecified atom stereocenters. The van der Waals surface area contributed by atoms with Crippen molar-refractivity contribution in [2.45, 2.75) is 6.92 Å². The molecule has 27 heavy (non-hydrogen) atoms. The highest BCUT2D eigenvalue weighted by molar-refractivity contribution is 6.06. The monoisotopic (exact) mass is 367 g/mol. The third kappa shape index (κ3) is 4.65. The SMILES string of the molecule is CCOc1ccccc1C(=O)Nc1cccc(C(=O)N2CCN(C)CC2)c1. The van der Waals surface area contributed by atoms with E-state index in [-0.39, 0.29) is 11.8 Å². The maximum atomic E-state index is 12.7. The van der Waals surface area contributed by atoms with E-state index >= 15 is 0 Å². The third-order valence-electron chi connectivity index (χ3n) is 4.59. The highest BCUT2D eigenvalue weighted by Crippen LogP contribution is 2.20. The number of piperazine rings is 1. The molecular formula is C21H25N3O3. The van der Waals surface area contributed by atoms with E-state index in [4.69, 9.17) is 4.74 Å². The Morgan fingerprint density at radius 1 is 1.04 bits per heavy atom. The van der Waals surface area contributed by atoms with Crippen LogP contribution in [0.3, 0.4) is 0 Å². The van der Waals surface area contributed by atoms with Gasteiger partial charge in [0.1, 0.15) is 5.75 Å². The maximum Gasteiger partial charge on any atom is 0.259 e. The van der Waals surface area contributed by atoms with Crippen LogP contribution in [0, 0.1) is 0 Å². The summed E-state index contributed by atoms with van der Waals surface area (Å²) in [5.41, 5.74) is 1.64. The van der Waals surface area contributed by atoms with Crippen LogP contribution < -0.4 is 10.1 Å². The first-order valence-electron chi connectivity index (χ1n) is 9.19. The molecule has 1 fully saturated rings. The predicted molar refractivity (Wildman–Crippen MR) is 105 cm³/mol. The molecule has 2 aromatic carbocycles. The minimum Gasteiger partial charge on any atom is -0.493 e. The number of hydrogen-bond donors (Lipinski definition) is 1. The van der Waals surface area contributed by atoms with E-state index in [1.807, 2.05) is 17.9 Å². The zero-order valence-electron chi connectivity index (χ0n) is 15.8. The van der Waals surface area contributed by atoms with Crippen LogP contribution in [0.25, 0.3) is 0 Å². The zero-order chi connectivity index (χ0) is 19.2. The summed E-state index contributed by atoms with van der Waals surface area (Å²) in [5, 5.41) is 2.86. The van der Waals surface area contributed by atoms with Gasteiger partial charge in [0.25, 0.3) is 11.8 Å². The molecule has 0 spiro atoms. The van der Waals surface area contributed by atoms with Gasteiger partial charge in [-0.1, -0.05) is 18.2 Å². The lowest BCUT2D eigenvalue weighted by atomic mass is 10.1. The molecule has 2 aromatic rings. The van der Waals surface area contributed by atoms with Crippen LogP contribution in [0.5, 0.6) is 5.75 Å². The minimum atomic E-state index is -0.261. The summed E-state index contributed by atoms with van der Waals surface area (Å²) in [6.07, 6.45) is 0. The van der Waals surface area contributed by atoms with Crippen molar-refractivity contribution in [2.75, 3.05) is 45.2 Å². The summed E-state index contributed by atoms with van der Waals surface area (Å²) in [6.45, 7) is 5.54. The number of anilines is 1. The second-order valence-electron chi connectivity index (χ2n) is 6.56. The number of amides is 2. The standard InChI is InChI=1S/C21H25N3O3/c1-3-27-19-10-5-4-9-18(19)20(25)22-17-8-6-7-16(15-17)21(26)24-13-11-23(2)12-14-24/h4-10,15H,3,11-14H2,1-2H3,(H,22,25). The lowest BCUT2D eigenvalue weighted by Crippen LogP contribution is -2.47. The number of nitrogens with one attached hydrogen (secondary N) is 1. The molecular weight excluding hydrogens is 342 g/mol. The molecule has 0 bridgehead atoms. The van der Waals surface area contributed by atoms with Gasteiger partial charge in [-0.2, -0.15) is 0 Å². The van der Waals surface area contributed by atoms with Gasteiger partial charge in [-0.15, -0.1) is 0 Å². The molecule has 0 aliphatic carbocycles. The normalized spacial score (nSPS) is 14.7. The summed E-state index contributed by atoms with van der Waals surface area (Å²) in [6, 6.07) is 14.2. The van der Waals surface area contributed by atoms with Crippen LogP contribution in [0.1, 0.15) is 27.6 Å². The molecule has 2 amide bonds. The number of para-hydroxylation sites is 1. The average molecular weight is 367 g/mol. The fourth-order valence-corrected chi connectivity index (χ4v) is 3.06. The number of likely N-dealkylation sites (N-methyl/N-ethyl adjacent to an activating group) is 1. The van der Waals surface area contributed by atoms with E-state index in [1.54, 1.807) is 42.5 Å². The Balaban J connectivity index is 1.72. The van der Waals surface area contributed by atoms with Crippen molar-refractivity contribution in [3.8, 4) is 5.75 Å². The molecule has 0 saturated carbocycles. The van der Waals surface area contributed by atoms with Crippen LogP contribution in [0.2, 0.25) is 0 Å². The van der Waals surface area contributed by atoms with Gasteiger partial charge >= 0.3 is 0 Å². The van der Waals surface area contributed by atoms with Gasteiger partial charge in [-0.3, -0.25) is 9.59 Å². The smallest absolute Gasteiger partial charge is 0.259 e. The van der Waals surface area contributed by atoms with E-state index in [2.05, 4.69) is 17.3 Å². The van der Waals surface area contributed by atoms with Gasteiger partial charge in [0.15, 0.2) is 0 Å². The Morgan fingerprint density at radius 3 is 2.52 bits per heavy atom. The Kier molecular flexibility index (Phi) is 6.08. The first kappa shape index (κ1) is 18.9. The molecule has 6 heteroatoms. The molecule has 142 valence electrons. The van der Waals surface area contributed by atoms with Gasteiger partial charge in [0.05, 0.1) is 12.2 Å². The summed E-state index contributed by atoms with van der Waals surface area (Å²) in [4.78, 5) is 29.4. The molecule has 1 aliphatic rings. The first-order chi connectivity index (χ1) is 13.1. The van der Waals surface area contributed by atoms with E-state index in [1.165, 1.54) is 0 Å². The van der Waals surface area contributed by atoms with Crippen molar-refractivity contribution in [3.05, 3.63) is 59.7 Å². The van der Waals surface area contributed by atoms with Crippen molar-refractivity contribution >= 4 is 17.5 Å². The van der Waals surface area contributed by atoms with E-state index < -0.39 is 0 Å². The van der Waals surface area contributed by atoms with Crippen LogP contribution in [0.15, 0.2) is 48.5 Å². The predicted octanol–water partition coefficient (Wildman–Crippen LogP) is 2.73. The van der Waals surface area contributed by atoms with Crippen molar-refractivity contribution in [2.24, 2.45) is 0 Å². The third-order valence-corrected chi connectivity index (χ3v) is 4.59. The summed E-state index contributed by atoms with van der Waals surface area (Å²) in [5.74, 6) is 0.277. The number of carbonyl (C=O) groups is 2. The number of hydrogen-bond acceptors (Lipinski definition) is 4. The van der Waals surface area contributed by atoms with Crippen LogP contribution in [-0.2, 0) is 0 Å². The number of ether oxygens (including phenoxy) is 1. The highest BCUT2D eigenvalue weighted by atomic mass is 16.5. The summed E-state index contributed by atoms with van der Waals surface area (Å²) in [7, 11) is 2.05. The summed E-state index contributed by atoms with van der Waals surface area (Å²) < 4.78 is 5.52. The van der Waals surface area contributed by atoms with E-state index in [0.29, 0.717) is 42.3 Å². The first-order valence-corrected chi connectivity index (χ1v) is 9.19. The van der Waals surface area contributed by atoms with Gasteiger partial charge < -0.3 is 19.9 Å². The largest absolute Gasteiger partial charge is 0.493 e. The topological polar surface area (TPSA) is 61.9 Å². The van der Waals surface area contributed by atoms with Crippen molar-refractivity contribution in [1.82, 2.24) is 9.80 Å². The molecule has 1 aliphatic heterocycles. The second-order valence-corrected chi connectivity index (χ2v) is 6.56. The average Bonchev–Trinajstić information content (AvgIpc) is 2.69. The number of carbonyl (C=O) groups excluding carboxylic acids is 2. The number of benzene rings is 2. The Hall–Kier alpha value is -2.86. The molecule has 0 atom stereocenters. The van der Waals surface area contributed by atoms with Gasteiger partial charge in [0.2, 0.25) is 0 Å². The lowest BCUT2D eigenvalue weighted by Gasteiger charge is -2.32. The fourth-order valence-electron chi connectivity index (χ4n) is 3.06. The zero-order valence-corrected chi connectivity index (χ0v) is 15.8. The number of rotatable bonds is 5. The van der Waals surface area contributed by atoms with Gasteiger partial charge in [0, 0.05) is 37.4 Å². The molecule has 3 rings (SSSR count). The maximum absolute atomic E-state index is 12.7. The molecule has 1 saturated heterocycles. The molecule has 0 radical (unpaired) electrons. The highest BCUT2D eigenvalue weighted by Gasteiger charge is 2.21. The van der Waals surface area contributed by atoms with E-state index in [0.717, 1.165) is 13.1 Å². The summed E-state index contributed by atoms with van der Waals surface area (Å²) >= 11 is 0. The van der Waals surface area contributed by atoms with Crippen LogP contribution in [-0.4, -0.2) is 61.4 Å². The van der Waals surface area contributed by atoms with Crippen LogP contribution in [0.4, 0.5) is 5.69 Å². The van der Waals surface area contributed by atoms with Crippen molar-refractivity contribution < 1.29 is 14.3 Å². The number of nitrogens with zero attached hydrogens (tertiary/aromatic N) is 2. The van der Waals surface area contributed by atoms with E-state index in [9.17, 15) is 9.59 Å². The Morgan fingerprint density at radius 2 is 1.78 bits per heavy atom. The lowest BCUT2D eigenvalue weighted by molar-refractivity contribution is 0.0664. The van der Waals surface area contributed by atoms with Crippen LogP contribution >= 0.6 is 0 Å². The molecule has 1 N–H and O–H groups in total. The molecule has 6 nitrogen and oxygen atoms in total. The second kappa shape index (κ2) is 8.68.